The fourth-order valence-corrected chi connectivity index (χ4v) is 2.98. The molecule has 1 aliphatic heterocycles. The Hall–Kier alpha value is -1.46. The summed E-state index contributed by atoms with van der Waals surface area (Å²) in [5, 5.41) is 6.27. The van der Waals surface area contributed by atoms with Gasteiger partial charge in [0.15, 0.2) is 0 Å². The third-order valence-electron chi connectivity index (χ3n) is 3.31. The van der Waals surface area contributed by atoms with E-state index in [4.69, 9.17) is 0 Å². The lowest BCUT2D eigenvalue weighted by Crippen LogP contribution is -2.34. The molecule has 0 saturated carbocycles. The summed E-state index contributed by atoms with van der Waals surface area (Å²) in [5.74, 6) is 0.281. The maximum absolute atomic E-state index is 12.1. The number of nitrogens with one attached hydrogen (secondary N) is 2. The van der Waals surface area contributed by atoms with Gasteiger partial charge in [0.1, 0.15) is 0 Å². The molecule has 1 fully saturated rings. The Kier molecular flexibility index (Phi) is 3.25. The van der Waals surface area contributed by atoms with Crippen molar-refractivity contribution in [3.05, 3.63) is 23.7 Å². The highest BCUT2D eigenvalue weighted by molar-refractivity contribution is 7.16. The number of rotatable bonds is 2. The number of benzene rings is 1. The second kappa shape index (κ2) is 5.04. The molecule has 1 aromatic carbocycles. The Bertz CT molecular complexity index is 560. The van der Waals surface area contributed by atoms with Gasteiger partial charge in [-0.1, -0.05) is 0 Å². The quantitative estimate of drug-likeness (QED) is 0.871. The zero-order valence-electron chi connectivity index (χ0n) is 9.98. The standard InChI is InChI=1S/C13H15N3OS/c17-13(9-3-5-14-6-4-9)16-10-1-2-11-12(7-10)18-8-15-11/h1-2,7-9,14H,3-6H2,(H,16,17). The average molecular weight is 261 g/mol. The fraction of sp³-hybridized carbons (Fsp3) is 0.385. The minimum absolute atomic E-state index is 0.139. The van der Waals surface area contributed by atoms with Gasteiger partial charge in [-0.2, -0.15) is 0 Å². The zero-order chi connectivity index (χ0) is 12.4. The van der Waals surface area contributed by atoms with Crippen LogP contribution in [-0.4, -0.2) is 24.0 Å². The molecule has 0 unspecified atom stereocenters. The Morgan fingerprint density at radius 1 is 1.39 bits per heavy atom. The first-order valence-electron chi connectivity index (χ1n) is 6.18. The first-order chi connectivity index (χ1) is 8.83. The number of nitrogens with zero attached hydrogens (tertiary/aromatic N) is 1. The van der Waals surface area contributed by atoms with E-state index in [1.165, 1.54) is 0 Å². The summed E-state index contributed by atoms with van der Waals surface area (Å²) in [6.07, 6.45) is 1.85. The minimum Gasteiger partial charge on any atom is -0.326 e. The van der Waals surface area contributed by atoms with Crippen molar-refractivity contribution in [2.75, 3.05) is 18.4 Å². The molecule has 0 atom stereocenters. The predicted molar refractivity (Wildman–Crippen MR) is 73.8 cm³/mol. The van der Waals surface area contributed by atoms with Crippen molar-refractivity contribution in [2.45, 2.75) is 12.8 Å². The van der Waals surface area contributed by atoms with Gasteiger partial charge in [-0.15, -0.1) is 11.3 Å². The Labute approximate surface area is 109 Å². The van der Waals surface area contributed by atoms with Crippen molar-refractivity contribution >= 4 is 33.1 Å². The molecular weight excluding hydrogens is 246 g/mol. The number of piperidine rings is 1. The molecule has 94 valence electrons. The maximum atomic E-state index is 12.1. The van der Waals surface area contributed by atoms with Crippen LogP contribution in [0.4, 0.5) is 5.69 Å². The highest BCUT2D eigenvalue weighted by Crippen LogP contribution is 2.23. The third-order valence-corrected chi connectivity index (χ3v) is 4.10. The molecule has 0 radical (unpaired) electrons. The lowest BCUT2D eigenvalue weighted by molar-refractivity contribution is -0.120. The van der Waals surface area contributed by atoms with E-state index in [9.17, 15) is 4.79 Å². The van der Waals surface area contributed by atoms with E-state index in [1.807, 2.05) is 23.7 Å². The summed E-state index contributed by atoms with van der Waals surface area (Å²) in [6.45, 7) is 1.87. The van der Waals surface area contributed by atoms with Crippen LogP contribution in [0, 0.1) is 5.92 Å². The molecule has 1 saturated heterocycles. The number of amides is 1. The molecule has 0 aliphatic carbocycles. The Morgan fingerprint density at radius 3 is 3.06 bits per heavy atom. The van der Waals surface area contributed by atoms with Gasteiger partial charge in [-0.05, 0) is 44.1 Å². The summed E-state index contributed by atoms with van der Waals surface area (Å²) >= 11 is 1.59. The molecule has 1 aromatic heterocycles. The van der Waals surface area contributed by atoms with E-state index in [0.29, 0.717) is 0 Å². The van der Waals surface area contributed by atoms with Crippen LogP contribution in [0.5, 0.6) is 0 Å². The molecule has 0 spiro atoms. The summed E-state index contributed by atoms with van der Waals surface area (Å²) in [5.41, 5.74) is 3.68. The smallest absolute Gasteiger partial charge is 0.227 e. The molecule has 1 aliphatic rings. The average Bonchev–Trinajstić information content (AvgIpc) is 2.87. The first kappa shape index (κ1) is 11.6. The van der Waals surface area contributed by atoms with Gasteiger partial charge < -0.3 is 10.6 Å². The molecule has 2 heterocycles. The monoisotopic (exact) mass is 261 g/mol. The van der Waals surface area contributed by atoms with Crippen molar-refractivity contribution in [1.29, 1.82) is 0 Å². The van der Waals surface area contributed by atoms with Gasteiger partial charge in [-0.3, -0.25) is 4.79 Å². The van der Waals surface area contributed by atoms with Crippen LogP contribution in [-0.2, 0) is 4.79 Å². The lowest BCUT2D eigenvalue weighted by Gasteiger charge is -2.21. The topological polar surface area (TPSA) is 54.0 Å². The van der Waals surface area contributed by atoms with Gasteiger partial charge in [0.25, 0.3) is 0 Å². The van der Waals surface area contributed by atoms with E-state index >= 15 is 0 Å². The summed E-state index contributed by atoms with van der Waals surface area (Å²) in [6, 6.07) is 5.86. The molecule has 4 nitrogen and oxygen atoms in total. The van der Waals surface area contributed by atoms with Crippen LogP contribution >= 0.6 is 11.3 Å². The second-order valence-corrected chi connectivity index (χ2v) is 5.43. The van der Waals surface area contributed by atoms with Crippen LogP contribution in [0.15, 0.2) is 23.7 Å². The van der Waals surface area contributed by atoms with Gasteiger partial charge in [0.05, 0.1) is 15.7 Å². The van der Waals surface area contributed by atoms with Crippen LogP contribution in [0.25, 0.3) is 10.2 Å². The summed E-state index contributed by atoms with van der Waals surface area (Å²) in [4.78, 5) is 16.3. The molecule has 18 heavy (non-hydrogen) atoms. The van der Waals surface area contributed by atoms with E-state index in [1.54, 1.807) is 11.3 Å². The lowest BCUT2D eigenvalue weighted by atomic mass is 9.97. The number of hydrogen-bond donors (Lipinski definition) is 2. The maximum Gasteiger partial charge on any atom is 0.227 e. The summed E-state index contributed by atoms with van der Waals surface area (Å²) < 4.78 is 1.11. The van der Waals surface area contributed by atoms with Crippen molar-refractivity contribution < 1.29 is 4.79 Å². The van der Waals surface area contributed by atoms with Crippen LogP contribution in [0.3, 0.4) is 0 Å². The predicted octanol–water partition coefficient (Wildman–Crippen LogP) is 2.23. The molecule has 1 amide bonds. The van der Waals surface area contributed by atoms with Crippen LogP contribution < -0.4 is 10.6 Å². The third kappa shape index (κ3) is 2.37. The second-order valence-electron chi connectivity index (χ2n) is 4.55. The zero-order valence-corrected chi connectivity index (χ0v) is 10.8. The SMILES string of the molecule is O=C(Nc1ccc2ncsc2c1)C1CCNCC1. The van der Waals surface area contributed by atoms with Gasteiger partial charge in [-0.25, -0.2) is 4.98 Å². The van der Waals surface area contributed by atoms with Crippen molar-refractivity contribution in [2.24, 2.45) is 5.92 Å². The molecule has 2 N–H and O–H groups in total. The van der Waals surface area contributed by atoms with Crippen molar-refractivity contribution in [3.8, 4) is 0 Å². The molecule has 2 aromatic rings. The Balaban J connectivity index is 1.72. The van der Waals surface area contributed by atoms with Crippen LogP contribution in [0.1, 0.15) is 12.8 Å². The molecule has 3 rings (SSSR count). The summed E-state index contributed by atoms with van der Waals surface area (Å²) in [7, 11) is 0. The van der Waals surface area contributed by atoms with Gasteiger partial charge in [0.2, 0.25) is 5.91 Å². The van der Waals surface area contributed by atoms with Gasteiger partial charge in [0, 0.05) is 11.6 Å². The number of aromatic nitrogens is 1. The van der Waals surface area contributed by atoms with E-state index in [0.717, 1.165) is 41.8 Å². The number of carbonyl (C=O) groups is 1. The number of carbonyl (C=O) groups excluding carboxylic acids is 1. The fourth-order valence-electron chi connectivity index (χ4n) is 2.26. The molecular formula is C13H15N3OS. The van der Waals surface area contributed by atoms with E-state index in [-0.39, 0.29) is 11.8 Å². The number of thiazole rings is 1. The number of hydrogen-bond acceptors (Lipinski definition) is 4. The largest absolute Gasteiger partial charge is 0.326 e. The van der Waals surface area contributed by atoms with Crippen molar-refractivity contribution in [3.63, 3.8) is 0 Å². The normalized spacial score (nSPS) is 16.9. The van der Waals surface area contributed by atoms with Crippen LogP contribution in [0.2, 0.25) is 0 Å². The minimum atomic E-state index is 0.139. The van der Waals surface area contributed by atoms with E-state index < -0.39 is 0 Å². The molecule has 0 bridgehead atoms. The number of anilines is 1. The highest BCUT2D eigenvalue weighted by Gasteiger charge is 2.20. The first-order valence-corrected chi connectivity index (χ1v) is 7.06. The highest BCUT2D eigenvalue weighted by atomic mass is 32.1. The Morgan fingerprint density at radius 2 is 2.22 bits per heavy atom. The van der Waals surface area contributed by atoms with Crippen molar-refractivity contribution in [1.82, 2.24) is 10.3 Å². The van der Waals surface area contributed by atoms with Gasteiger partial charge >= 0.3 is 0 Å². The number of fused-ring (bicyclic) bond motifs is 1. The molecule has 5 heteroatoms. The van der Waals surface area contributed by atoms with E-state index in [2.05, 4.69) is 15.6 Å².